The van der Waals surface area contributed by atoms with Gasteiger partial charge in [-0.25, -0.2) is 0 Å². The molecule has 0 bridgehead atoms. The van der Waals surface area contributed by atoms with E-state index in [2.05, 4.69) is 19.2 Å². The van der Waals surface area contributed by atoms with Crippen LogP contribution in [0.1, 0.15) is 71.6 Å². The highest BCUT2D eigenvalue weighted by Crippen LogP contribution is 2.39. The Hall–Kier alpha value is -0.0400. The van der Waals surface area contributed by atoms with Gasteiger partial charge in [0.25, 0.3) is 0 Å². The highest BCUT2D eigenvalue weighted by Gasteiger charge is 2.31. The van der Waals surface area contributed by atoms with Crippen LogP contribution in [0.5, 0.6) is 0 Å². The molecule has 0 aliphatic heterocycles. The zero-order chi connectivity index (χ0) is 12.1. The predicted molar refractivity (Wildman–Crippen MR) is 75.2 cm³/mol. The van der Waals surface area contributed by atoms with Crippen molar-refractivity contribution in [3.63, 3.8) is 0 Å². The molecule has 3 unspecified atom stereocenters. The van der Waals surface area contributed by atoms with Crippen LogP contribution < -0.4 is 5.32 Å². The van der Waals surface area contributed by atoms with Gasteiger partial charge in [0.15, 0.2) is 0 Å². The van der Waals surface area contributed by atoms with Crippen molar-refractivity contribution in [1.29, 1.82) is 0 Å². The number of hydrogen-bond acceptors (Lipinski definition) is 1. The van der Waals surface area contributed by atoms with Gasteiger partial charge in [-0.2, -0.15) is 0 Å². The standard InChI is InChI=1S/C16H31N/c1-3-13-7-5-6-8-14(13)11-12-16(17-4-2)15-9-10-15/h13-17H,3-12H2,1-2H3. The summed E-state index contributed by atoms with van der Waals surface area (Å²) in [4.78, 5) is 0. The lowest BCUT2D eigenvalue weighted by atomic mass is 9.75. The van der Waals surface area contributed by atoms with Crippen molar-refractivity contribution < 1.29 is 0 Å². The van der Waals surface area contributed by atoms with Crippen LogP contribution in [0.15, 0.2) is 0 Å². The molecular formula is C16H31N. The topological polar surface area (TPSA) is 12.0 Å². The molecule has 2 aliphatic carbocycles. The van der Waals surface area contributed by atoms with Gasteiger partial charge >= 0.3 is 0 Å². The van der Waals surface area contributed by atoms with E-state index in [1.54, 1.807) is 0 Å². The van der Waals surface area contributed by atoms with Gasteiger partial charge in [0.2, 0.25) is 0 Å². The molecule has 0 saturated heterocycles. The number of rotatable bonds is 7. The van der Waals surface area contributed by atoms with E-state index in [1.165, 1.54) is 57.8 Å². The van der Waals surface area contributed by atoms with Crippen molar-refractivity contribution in [3.8, 4) is 0 Å². The molecule has 0 aromatic heterocycles. The van der Waals surface area contributed by atoms with Crippen LogP contribution in [0.4, 0.5) is 0 Å². The third kappa shape index (κ3) is 3.98. The van der Waals surface area contributed by atoms with Gasteiger partial charge in [0.05, 0.1) is 0 Å². The van der Waals surface area contributed by atoms with E-state index < -0.39 is 0 Å². The van der Waals surface area contributed by atoms with E-state index in [4.69, 9.17) is 0 Å². The van der Waals surface area contributed by atoms with Gasteiger partial charge in [-0.15, -0.1) is 0 Å². The van der Waals surface area contributed by atoms with Crippen molar-refractivity contribution in [2.24, 2.45) is 17.8 Å². The quantitative estimate of drug-likeness (QED) is 0.693. The Morgan fingerprint density at radius 1 is 1.00 bits per heavy atom. The third-order valence-electron chi connectivity index (χ3n) is 5.10. The Balaban J connectivity index is 1.74. The average molecular weight is 237 g/mol. The third-order valence-corrected chi connectivity index (χ3v) is 5.10. The van der Waals surface area contributed by atoms with Gasteiger partial charge < -0.3 is 5.32 Å². The molecule has 0 aromatic carbocycles. The average Bonchev–Trinajstić information content (AvgIpc) is 3.19. The largest absolute Gasteiger partial charge is 0.314 e. The number of nitrogens with one attached hydrogen (secondary N) is 1. The highest BCUT2D eigenvalue weighted by atomic mass is 14.9. The molecule has 0 heterocycles. The van der Waals surface area contributed by atoms with Gasteiger partial charge in [-0.3, -0.25) is 0 Å². The fourth-order valence-electron chi connectivity index (χ4n) is 3.86. The van der Waals surface area contributed by atoms with Crippen molar-refractivity contribution in [2.75, 3.05) is 6.54 Å². The molecule has 100 valence electrons. The molecule has 0 amide bonds. The smallest absolute Gasteiger partial charge is 0.00953 e. The lowest BCUT2D eigenvalue weighted by Gasteiger charge is -2.32. The van der Waals surface area contributed by atoms with Crippen molar-refractivity contribution >= 4 is 0 Å². The molecule has 0 aromatic rings. The van der Waals surface area contributed by atoms with Crippen LogP contribution in [0.2, 0.25) is 0 Å². The summed E-state index contributed by atoms with van der Waals surface area (Å²) in [6.45, 7) is 5.81. The van der Waals surface area contributed by atoms with Gasteiger partial charge in [0.1, 0.15) is 0 Å². The van der Waals surface area contributed by atoms with E-state index >= 15 is 0 Å². The zero-order valence-electron chi connectivity index (χ0n) is 11.9. The van der Waals surface area contributed by atoms with E-state index in [1.807, 2.05) is 0 Å². The molecule has 2 rings (SSSR count). The van der Waals surface area contributed by atoms with Crippen LogP contribution in [-0.4, -0.2) is 12.6 Å². The first-order valence-electron chi connectivity index (χ1n) is 8.08. The van der Waals surface area contributed by atoms with E-state index in [0.29, 0.717) is 0 Å². The monoisotopic (exact) mass is 237 g/mol. The van der Waals surface area contributed by atoms with Crippen molar-refractivity contribution in [3.05, 3.63) is 0 Å². The van der Waals surface area contributed by atoms with Crippen molar-refractivity contribution in [1.82, 2.24) is 5.32 Å². The summed E-state index contributed by atoms with van der Waals surface area (Å²) in [6.07, 6.45) is 13.3. The fourth-order valence-corrected chi connectivity index (χ4v) is 3.86. The second kappa shape index (κ2) is 6.78. The summed E-state index contributed by atoms with van der Waals surface area (Å²) in [6, 6.07) is 0.847. The minimum absolute atomic E-state index is 0.847. The van der Waals surface area contributed by atoms with E-state index in [0.717, 1.165) is 30.3 Å². The maximum atomic E-state index is 3.72. The van der Waals surface area contributed by atoms with Gasteiger partial charge in [0, 0.05) is 6.04 Å². The Morgan fingerprint density at radius 2 is 1.71 bits per heavy atom. The van der Waals surface area contributed by atoms with Crippen LogP contribution >= 0.6 is 0 Å². The lowest BCUT2D eigenvalue weighted by molar-refractivity contribution is 0.205. The Bertz CT molecular complexity index is 210. The zero-order valence-corrected chi connectivity index (χ0v) is 11.9. The minimum atomic E-state index is 0.847. The second-order valence-corrected chi connectivity index (χ2v) is 6.29. The van der Waals surface area contributed by atoms with Gasteiger partial charge in [-0.05, 0) is 50.0 Å². The van der Waals surface area contributed by atoms with Crippen LogP contribution in [-0.2, 0) is 0 Å². The Morgan fingerprint density at radius 3 is 2.29 bits per heavy atom. The summed E-state index contributed by atoms with van der Waals surface area (Å²) in [5, 5.41) is 3.72. The summed E-state index contributed by atoms with van der Waals surface area (Å²) in [7, 11) is 0. The number of hydrogen-bond donors (Lipinski definition) is 1. The fraction of sp³-hybridized carbons (Fsp3) is 1.00. The van der Waals surface area contributed by atoms with Crippen LogP contribution in [0.3, 0.4) is 0 Å². The first-order chi connectivity index (χ1) is 8.35. The highest BCUT2D eigenvalue weighted by molar-refractivity contribution is 4.87. The van der Waals surface area contributed by atoms with E-state index in [-0.39, 0.29) is 0 Å². The first-order valence-corrected chi connectivity index (χ1v) is 8.08. The van der Waals surface area contributed by atoms with Crippen molar-refractivity contribution in [2.45, 2.75) is 77.7 Å². The van der Waals surface area contributed by atoms with Crippen LogP contribution in [0, 0.1) is 17.8 Å². The summed E-state index contributed by atoms with van der Waals surface area (Å²) >= 11 is 0. The second-order valence-electron chi connectivity index (χ2n) is 6.29. The summed E-state index contributed by atoms with van der Waals surface area (Å²) < 4.78 is 0. The molecule has 1 N–H and O–H groups in total. The maximum Gasteiger partial charge on any atom is 0.00953 e. The molecule has 2 saturated carbocycles. The van der Waals surface area contributed by atoms with Gasteiger partial charge in [-0.1, -0.05) is 46.0 Å². The molecule has 1 heteroatoms. The Labute approximate surface area is 108 Å². The normalized spacial score (nSPS) is 31.4. The summed E-state index contributed by atoms with van der Waals surface area (Å²) in [5.41, 5.74) is 0. The molecule has 1 nitrogen and oxygen atoms in total. The van der Waals surface area contributed by atoms with Crippen LogP contribution in [0.25, 0.3) is 0 Å². The minimum Gasteiger partial charge on any atom is -0.314 e. The predicted octanol–water partition coefficient (Wildman–Crippen LogP) is 4.37. The SMILES string of the molecule is CCNC(CCC1CCCCC1CC)C1CC1. The lowest BCUT2D eigenvalue weighted by Crippen LogP contribution is -2.32. The molecule has 2 aliphatic rings. The molecule has 2 fully saturated rings. The maximum absolute atomic E-state index is 3.72. The molecular weight excluding hydrogens is 206 g/mol. The summed E-state index contributed by atoms with van der Waals surface area (Å²) in [5.74, 6) is 3.12. The molecule has 0 spiro atoms. The molecule has 0 radical (unpaired) electrons. The molecule has 17 heavy (non-hydrogen) atoms. The first kappa shape index (κ1) is 13.4. The Kier molecular flexibility index (Phi) is 5.34. The molecule has 3 atom stereocenters. The van der Waals surface area contributed by atoms with E-state index in [9.17, 15) is 0 Å².